The lowest BCUT2D eigenvalue weighted by Gasteiger charge is -2.47. The van der Waals surface area contributed by atoms with Crippen molar-refractivity contribution >= 4 is 34.6 Å². The Bertz CT molecular complexity index is 1170. The Morgan fingerprint density at radius 3 is 2.85 bits per heavy atom. The molecule has 0 bridgehead atoms. The van der Waals surface area contributed by atoms with Gasteiger partial charge in [-0.1, -0.05) is 18.7 Å². The summed E-state index contributed by atoms with van der Waals surface area (Å²) in [4.78, 5) is 32.4. The highest BCUT2D eigenvalue weighted by molar-refractivity contribution is 8.14. The number of hydrogen-bond acceptors (Lipinski definition) is 7. The summed E-state index contributed by atoms with van der Waals surface area (Å²) in [6.45, 7) is 2.53. The van der Waals surface area contributed by atoms with Crippen molar-refractivity contribution in [2.24, 2.45) is 10.9 Å². The van der Waals surface area contributed by atoms with Crippen molar-refractivity contribution in [1.82, 2.24) is 10.3 Å². The number of aliphatic imine (C=N–C) groups is 1. The van der Waals surface area contributed by atoms with Crippen LogP contribution in [-0.4, -0.2) is 45.7 Å². The van der Waals surface area contributed by atoms with E-state index in [0.29, 0.717) is 24.3 Å². The van der Waals surface area contributed by atoms with E-state index < -0.39 is 23.4 Å². The van der Waals surface area contributed by atoms with E-state index in [1.54, 1.807) is 0 Å². The van der Waals surface area contributed by atoms with Crippen molar-refractivity contribution in [1.29, 1.82) is 5.26 Å². The number of hydrogen-bond donors (Lipinski definition) is 3. The first-order valence-electron chi connectivity index (χ1n) is 10.1. The van der Waals surface area contributed by atoms with Gasteiger partial charge in [0.05, 0.1) is 12.2 Å². The number of nitrogens with zero attached hydrogens (tertiary/aromatic N) is 3. The third-order valence-corrected chi connectivity index (χ3v) is 6.82. The fourth-order valence-corrected chi connectivity index (χ4v) is 5.44. The first-order chi connectivity index (χ1) is 15.8. The molecule has 4 rings (SSSR count). The molecule has 33 heavy (non-hydrogen) atoms. The number of carbonyl (C=O) groups is 2. The number of nitriles is 1. The molecule has 1 aromatic heterocycles. The summed E-state index contributed by atoms with van der Waals surface area (Å²) < 4.78 is 20.8. The number of amides is 2. The van der Waals surface area contributed by atoms with Crippen LogP contribution in [0.4, 0.5) is 14.9 Å². The number of carbonyl (C=O) groups excluding carboxylic acids is 1. The van der Waals surface area contributed by atoms with E-state index in [-0.39, 0.29) is 34.2 Å². The second-order valence-corrected chi connectivity index (χ2v) is 9.10. The standard InChI is InChI=1S/C22H20FN5O4S/c1-12-15-6-7-32-11-22(15,28-20(33-12)27-21(30)31)16-8-14(3-4-17(16)23)26-19(29)18-5-2-13(9-24)10-25-18/h2-5,8,10,12,15H,6-7,11H2,1H3,(H,26,29)(H,27,28)(H,30,31)/t12?,15-,22-/m0/s1. The number of thioether (sulfide) groups is 1. The number of fused-ring (bicyclic) bond motifs is 1. The Balaban J connectivity index is 1.71. The molecule has 1 aromatic carbocycles. The van der Waals surface area contributed by atoms with Crippen LogP contribution in [0, 0.1) is 23.1 Å². The van der Waals surface area contributed by atoms with E-state index in [2.05, 4.69) is 20.6 Å². The maximum absolute atomic E-state index is 15.2. The molecule has 0 aliphatic carbocycles. The highest BCUT2D eigenvalue weighted by Crippen LogP contribution is 2.49. The van der Waals surface area contributed by atoms with Gasteiger partial charge < -0.3 is 15.2 Å². The molecule has 2 aliphatic rings. The molecule has 3 heterocycles. The van der Waals surface area contributed by atoms with Crippen LogP contribution in [0.5, 0.6) is 0 Å². The van der Waals surface area contributed by atoms with Crippen LogP contribution < -0.4 is 10.6 Å². The largest absolute Gasteiger partial charge is 0.465 e. The van der Waals surface area contributed by atoms with Gasteiger partial charge in [0.25, 0.3) is 5.91 Å². The minimum Gasteiger partial charge on any atom is -0.465 e. The number of pyridine rings is 1. The van der Waals surface area contributed by atoms with Crippen LogP contribution in [0.1, 0.15) is 35.0 Å². The van der Waals surface area contributed by atoms with Crippen LogP contribution in [-0.2, 0) is 10.3 Å². The average Bonchev–Trinajstić information content (AvgIpc) is 2.79. The highest BCUT2D eigenvalue weighted by Gasteiger charge is 2.50. The van der Waals surface area contributed by atoms with Gasteiger partial charge >= 0.3 is 6.09 Å². The molecule has 2 aliphatic heterocycles. The number of benzene rings is 1. The van der Waals surface area contributed by atoms with Gasteiger partial charge in [-0.3, -0.25) is 10.1 Å². The van der Waals surface area contributed by atoms with Gasteiger partial charge in [-0.2, -0.15) is 5.26 Å². The number of anilines is 1. The van der Waals surface area contributed by atoms with Crippen LogP contribution >= 0.6 is 11.8 Å². The molecule has 11 heteroatoms. The fourth-order valence-electron chi connectivity index (χ4n) is 4.20. The van der Waals surface area contributed by atoms with Gasteiger partial charge in [-0.25, -0.2) is 19.2 Å². The smallest absolute Gasteiger partial charge is 0.410 e. The van der Waals surface area contributed by atoms with Gasteiger partial charge in [0.1, 0.15) is 23.1 Å². The number of carboxylic acid groups (broad SMARTS) is 1. The topological polar surface area (TPSA) is 137 Å². The Labute approximate surface area is 193 Å². The summed E-state index contributed by atoms with van der Waals surface area (Å²) in [6, 6.07) is 9.01. The predicted octanol–water partition coefficient (Wildman–Crippen LogP) is 3.34. The lowest BCUT2D eigenvalue weighted by molar-refractivity contribution is -0.00429. The molecule has 0 radical (unpaired) electrons. The van der Waals surface area contributed by atoms with Crippen molar-refractivity contribution in [3.8, 4) is 6.07 Å². The van der Waals surface area contributed by atoms with Crippen LogP contribution in [0.3, 0.4) is 0 Å². The zero-order valence-electron chi connectivity index (χ0n) is 17.5. The second kappa shape index (κ2) is 9.17. The van der Waals surface area contributed by atoms with Crippen molar-refractivity contribution in [2.75, 3.05) is 18.5 Å². The molecule has 9 nitrogen and oxygen atoms in total. The zero-order chi connectivity index (χ0) is 23.6. The van der Waals surface area contributed by atoms with Crippen LogP contribution in [0.15, 0.2) is 41.5 Å². The maximum Gasteiger partial charge on any atom is 0.410 e. The van der Waals surface area contributed by atoms with Crippen molar-refractivity contribution in [3.63, 3.8) is 0 Å². The Hall–Kier alpha value is -3.49. The fraction of sp³-hybridized carbons (Fsp3) is 0.318. The van der Waals surface area contributed by atoms with Gasteiger partial charge in [-0.15, -0.1) is 0 Å². The monoisotopic (exact) mass is 469 g/mol. The van der Waals surface area contributed by atoms with Gasteiger partial charge in [0.2, 0.25) is 0 Å². The average molecular weight is 469 g/mol. The summed E-state index contributed by atoms with van der Waals surface area (Å²) in [5.41, 5.74) is -0.167. The van der Waals surface area contributed by atoms with Crippen molar-refractivity contribution < 1.29 is 23.8 Å². The highest BCUT2D eigenvalue weighted by atomic mass is 32.2. The van der Waals surface area contributed by atoms with E-state index in [1.165, 1.54) is 48.3 Å². The predicted molar refractivity (Wildman–Crippen MR) is 120 cm³/mol. The summed E-state index contributed by atoms with van der Waals surface area (Å²) in [7, 11) is 0. The summed E-state index contributed by atoms with van der Waals surface area (Å²) in [6.07, 6.45) is 0.666. The minimum atomic E-state index is -1.25. The van der Waals surface area contributed by atoms with E-state index in [9.17, 15) is 9.59 Å². The Morgan fingerprint density at radius 1 is 1.33 bits per heavy atom. The number of halogens is 1. The van der Waals surface area contributed by atoms with Gasteiger partial charge in [0.15, 0.2) is 5.17 Å². The third kappa shape index (κ3) is 4.53. The molecular weight excluding hydrogens is 449 g/mol. The molecular formula is C22H20FN5O4S. The quantitative estimate of drug-likeness (QED) is 0.627. The Morgan fingerprint density at radius 2 is 2.15 bits per heavy atom. The molecule has 1 fully saturated rings. The number of nitrogens with one attached hydrogen (secondary N) is 2. The first kappa shape index (κ1) is 22.7. The lowest BCUT2D eigenvalue weighted by atomic mass is 9.74. The van der Waals surface area contributed by atoms with Gasteiger partial charge in [0, 0.05) is 35.2 Å². The molecule has 170 valence electrons. The van der Waals surface area contributed by atoms with Crippen LogP contribution in [0.25, 0.3) is 0 Å². The van der Waals surface area contributed by atoms with Crippen molar-refractivity contribution in [2.45, 2.75) is 24.1 Å². The van der Waals surface area contributed by atoms with Gasteiger partial charge in [-0.05, 0) is 36.8 Å². The number of ether oxygens (including phenoxy) is 1. The molecule has 0 saturated carbocycles. The summed E-state index contributed by atoms with van der Waals surface area (Å²) >= 11 is 1.29. The van der Waals surface area contributed by atoms with E-state index in [4.69, 9.17) is 15.1 Å². The molecule has 3 atom stereocenters. The van der Waals surface area contributed by atoms with Crippen LogP contribution in [0.2, 0.25) is 0 Å². The minimum absolute atomic E-state index is 0.0475. The lowest BCUT2D eigenvalue weighted by Crippen LogP contribution is -2.51. The zero-order valence-corrected chi connectivity index (χ0v) is 18.4. The molecule has 1 saturated heterocycles. The number of rotatable bonds is 3. The number of amidine groups is 1. The SMILES string of the molecule is CC1SC(NC(=O)O)=N[C@@]2(c3cc(NC(=O)c4ccc(C#N)cn4)ccc3F)COCC[C@@H]12. The third-order valence-electron chi connectivity index (χ3n) is 5.70. The van der Waals surface area contributed by atoms with E-state index >= 15 is 4.39 Å². The molecule has 2 amide bonds. The van der Waals surface area contributed by atoms with E-state index in [1.807, 2.05) is 13.0 Å². The normalized spacial score (nSPS) is 24.1. The summed E-state index contributed by atoms with van der Waals surface area (Å²) in [5, 5.41) is 23.1. The molecule has 0 spiro atoms. The maximum atomic E-state index is 15.2. The molecule has 1 unspecified atom stereocenters. The molecule has 3 N–H and O–H groups in total. The Kier molecular flexibility index (Phi) is 6.31. The number of aromatic nitrogens is 1. The molecule has 2 aromatic rings. The first-order valence-corrected chi connectivity index (χ1v) is 11.0. The summed E-state index contributed by atoms with van der Waals surface area (Å²) in [5.74, 6) is -1.15. The second-order valence-electron chi connectivity index (χ2n) is 7.73. The van der Waals surface area contributed by atoms with E-state index in [0.717, 1.165) is 0 Å². The van der Waals surface area contributed by atoms with Crippen molar-refractivity contribution in [3.05, 3.63) is 59.2 Å².